The average Bonchev–Trinajstić information content (AvgIpc) is 2.75. The SMILES string of the molecule is O=C(O)c1ccccc1NS(=O)(=O)c1cc([N+](=O)[O-])ccc1N/N=C\c1ccccc1Br. The van der Waals surface area contributed by atoms with Crippen molar-refractivity contribution in [1.82, 2.24) is 0 Å². The van der Waals surface area contributed by atoms with Crippen molar-refractivity contribution < 1.29 is 23.2 Å². The molecule has 0 heterocycles. The van der Waals surface area contributed by atoms with Gasteiger partial charge in [-0.1, -0.05) is 46.3 Å². The number of carboxylic acids is 1. The number of nitro groups is 1. The van der Waals surface area contributed by atoms with Gasteiger partial charge in [0.2, 0.25) is 0 Å². The van der Waals surface area contributed by atoms with Crippen LogP contribution in [0.4, 0.5) is 17.1 Å². The number of halogens is 1. The third kappa shape index (κ3) is 5.28. The zero-order valence-electron chi connectivity index (χ0n) is 16.1. The number of hydrogen-bond acceptors (Lipinski definition) is 7. The fraction of sp³-hybridized carbons (Fsp3) is 0. The number of sulfonamides is 1. The quantitative estimate of drug-likeness (QED) is 0.228. The van der Waals surface area contributed by atoms with Crippen molar-refractivity contribution in [3.63, 3.8) is 0 Å². The number of para-hydroxylation sites is 1. The van der Waals surface area contributed by atoms with E-state index in [4.69, 9.17) is 0 Å². The lowest BCUT2D eigenvalue weighted by atomic mass is 10.2. The molecule has 0 amide bonds. The van der Waals surface area contributed by atoms with E-state index in [-0.39, 0.29) is 16.9 Å². The minimum absolute atomic E-state index is 0.0424. The van der Waals surface area contributed by atoms with Gasteiger partial charge in [-0.3, -0.25) is 20.3 Å². The Morgan fingerprint density at radius 2 is 1.75 bits per heavy atom. The molecule has 0 saturated carbocycles. The summed E-state index contributed by atoms with van der Waals surface area (Å²) < 4.78 is 29.0. The molecule has 0 bridgehead atoms. The van der Waals surface area contributed by atoms with Crippen molar-refractivity contribution in [1.29, 1.82) is 0 Å². The second-order valence-electron chi connectivity index (χ2n) is 6.29. The molecule has 10 nitrogen and oxygen atoms in total. The molecular formula is C20H15BrN4O6S. The number of carbonyl (C=O) groups is 1. The van der Waals surface area contributed by atoms with Gasteiger partial charge in [-0.15, -0.1) is 0 Å². The highest BCUT2D eigenvalue weighted by atomic mass is 79.9. The van der Waals surface area contributed by atoms with Crippen molar-refractivity contribution in [2.24, 2.45) is 5.10 Å². The molecule has 3 rings (SSSR count). The van der Waals surface area contributed by atoms with Gasteiger partial charge in [0.25, 0.3) is 15.7 Å². The fourth-order valence-electron chi connectivity index (χ4n) is 2.65. The number of hydrogen-bond donors (Lipinski definition) is 3. The summed E-state index contributed by atoms with van der Waals surface area (Å²) >= 11 is 3.36. The van der Waals surface area contributed by atoms with Gasteiger partial charge < -0.3 is 5.11 Å². The molecule has 0 fully saturated rings. The Kier molecular flexibility index (Phi) is 6.85. The van der Waals surface area contributed by atoms with Crippen molar-refractivity contribution in [3.8, 4) is 0 Å². The van der Waals surface area contributed by atoms with E-state index < -0.39 is 31.5 Å². The topological polar surface area (TPSA) is 151 Å². The van der Waals surface area contributed by atoms with Crippen LogP contribution in [-0.2, 0) is 10.0 Å². The van der Waals surface area contributed by atoms with E-state index in [1.165, 1.54) is 36.5 Å². The third-order valence-electron chi connectivity index (χ3n) is 4.16. The summed E-state index contributed by atoms with van der Waals surface area (Å²) in [6.07, 6.45) is 1.44. The van der Waals surface area contributed by atoms with E-state index in [0.29, 0.717) is 5.56 Å². The molecule has 0 aliphatic carbocycles. The lowest BCUT2D eigenvalue weighted by Crippen LogP contribution is -2.17. The average molecular weight is 519 g/mol. The Balaban J connectivity index is 2.00. The van der Waals surface area contributed by atoms with Gasteiger partial charge >= 0.3 is 5.97 Å². The third-order valence-corrected chi connectivity index (χ3v) is 6.29. The van der Waals surface area contributed by atoms with E-state index in [1.807, 2.05) is 6.07 Å². The number of benzene rings is 3. The minimum atomic E-state index is -4.42. The van der Waals surface area contributed by atoms with Gasteiger partial charge in [0.15, 0.2) is 0 Å². The number of non-ortho nitro benzene ring substituents is 1. The van der Waals surface area contributed by atoms with E-state index in [2.05, 4.69) is 31.2 Å². The number of hydrazone groups is 1. The van der Waals surface area contributed by atoms with Crippen LogP contribution in [0.1, 0.15) is 15.9 Å². The van der Waals surface area contributed by atoms with Crippen LogP contribution in [0.3, 0.4) is 0 Å². The molecule has 0 unspecified atom stereocenters. The highest BCUT2D eigenvalue weighted by Gasteiger charge is 2.24. The molecular weight excluding hydrogens is 504 g/mol. The van der Waals surface area contributed by atoms with Gasteiger partial charge in [-0.2, -0.15) is 5.10 Å². The molecule has 0 aliphatic rings. The summed E-state index contributed by atoms with van der Waals surface area (Å²) in [7, 11) is -4.42. The molecule has 3 N–H and O–H groups in total. The van der Waals surface area contributed by atoms with Crippen LogP contribution < -0.4 is 10.1 Å². The van der Waals surface area contributed by atoms with Crippen molar-refractivity contribution >= 4 is 55.2 Å². The molecule has 0 atom stereocenters. The normalized spacial score (nSPS) is 11.3. The highest BCUT2D eigenvalue weighted by molar-refractivity contribution is 9.10. The summed E-state index contributed by atoms with van der Waals surface area (Å²) in [4.78, 5) is 21.4. The lowest BCUT2D eigenvalue weighted by molar-refractivity contribution is -0.385. The molecule has 0 aromatic heterocycles. The monoisotopic (exact) mass is 518 g/mol. The predicted molar refractivity (Wildman–Crippen MR) is 123 cm³/mol. The summed E-state index contributed by atoms with van der Waals surface area (Å²) in [6.45, 7) is 0. The largest absolute Gasteiger partial charge is 0.478 e. The van der Waals surface area contributed by atoms with Crippen LogP contribution in [0.2, 0.25) is 0 Å². The van der Waals surface area contributed by atoms with Crippen molar-refractivity contribution in [2.75, 3.05) is 10.1 Å². The first kappa shape index (κ1) is 22.9. The first-order chi connectivity index (χ1) is 15.2. The highest BCUT2D eigenvalue weighted by Crippen LogP contribution is 2.29. The van der Waals surface area contributed by atoms with Crippen LogP contribution in [0, 0.1) is 10.1 Å². The maximum atomic E-state index is 13.0. The van der Waals surface area contributed by atoms with Gasteiger partial charge in [-0.25, -0.2) is 13.2 Å². The molecule has 3 aromatic carbocycles. The van der Waals surface area contributed by atoms with Crippen LogP contribution in [-0.4, -0.2) is 30.6 Å². The molecule has 0 saturated heterocycles. The second kappa shape index (κ2) is 9.58. The van der Waals surface area contributed by atoms with Crippen LogP contribution in [0.15, 0.2) is 81.2 Å². The standard InChI is InChI=1S/C20H15BrN4O6S/c21-16-7-3-1-5-13(16)12-22-23-18-10-9-14(25(28)29)11-19(18)32(30,31)24-17-8-4-2-6-15(17)20(26)27/h1-12,23-24H,(H,26,27)/b22-12-. The van der Waals surface area contributed by atoms with Gasteiger partial charge in [0.05, 0.1) is 28.1 Å². The molecule has 12 heteroatoms. The fourth-order valence-corrected chi connectivity index (χ4v) is 4.29. The summed E-state index contributed by atoms with van der Waals surface area (Å²) in [5.41, 5.74) is 2.32. The Bertz CT molecular complexity index is 1330. The zero-order chi connectivity index (χ0) is 23.3. The molecule has 3 aromatic rings. The number of nitro benzene ring substituents is 1. The number of aromatic carboxylic acids is 1. The van der Waals surface area contributed by atoms with E-state index in [9.17, 15) is 28.4 Å². The number of anilines is 2. The molecule has 0 radical (unpaired) electrons. The Hall–Kier alpha value is -3.77. The van der Waals surface area contributed by atoms with E-state index in [0.717, 1.165) is 16.6 Å². The first-order valence-electron chi connectivity index (χ1n) is 8.86. The van der Waals surface area contributed by atoms with Crippen LogP contribution in [0.25, 0.3) is 0 Å². The van der Waals surface area contributed by atoms with Gasteiger partial charge in [0.1, 0.15) is 4.90 Å². The summed E-state index contributed by atoms with van der Waals surface area (Å²) in [5.74, 6) is -1.33. The Morgan fingerprint density at radius 3 is 2.44 bits per heavy atom. The predicted octanol–water partition coefficient (Wildman–Crippen LogP) is 4.30. The number of nitrogens with one attached hydrogen (secondary N) is 2. The van der Waals surface area contributed by atoms with E-state index in [1.54, 1.807) is 18.2 Å². The molecule has 0 spiro atoms. The smallest absolute Gasteiger partial charge is 0.337 e. The maximum Gasteiger partial charge on any atom is 0.337 e. The van der Waals surface area contributed by atoms with Crippen molar-refractivity contribution in [2.45, 2.75) is 4.90 Å². The van der Waals surface area contributed by atoms with Crippen molar-refractivity contribution in [3.05, 3.63) is 92.4 Å². The minimum Gasteiger partial charge on any atom is -0.478 e. The summed E-state index contributed by atoms with van der Waals surface area (Å²) in [6, 6.07) is 15.8. The number of rotatable bonds is 8. The summed E-state index contributed by atoms with van der Waals surface area (Å²) in [5, 5.41) is 24.5. The molecule has 0 aliphatic heterocycles. The molecule has 164 valence electrons. The van der Waals surface area contributed by atoms with Gasteiger partial charge in [0, 0.05) is 22.2 Å². The van der Waals surface area contributed by atoms with Crippen LogP contribution in [0.5, 0.6) is 0 Å². The van der Waals surface area contributed by atoms with E-state index >= 15 is 0 Å². The molecule has 32 heavy (non-hydrogen) atoms. The Morgan fingerprint density at radius 1 is 1.06 bits per heavy atom. The maximum absolute atomic E-state index is 13.0. The first-order valence-corrected chi connectivity index (χ1v) is 11.1. The zero-order valence-corrected chi connectivity index (χ0v) is 18.5. The number of carboxylic acid groups (broad SMARTS) is 1. The van der Waals surface area contributed by atoms with Gasteiger partial charge in [-0.05, 0) is 24.3 Å². The second-order valence-corrected chi connectivity index (χ2v) is 8.79. The lowest BCUT2D eigenvalue weighted by Gasteiger charge is -2.13. The van der Waals surface area contributed by atoms with Crippen LogP contribution >= 0.6 is 15.9 Å². The Labute approximate surface area is 190 Å². The number of nitrogens with zero attached hydrogens (tertiary/aromatic N) is 2.